The number of carbonyl (C=O) groups excluding carboxylic acids is 2. The Balaban J connectivity index is 2.26. The fraction of sp³-hybridized carbons (Fsp3) is 0.417. The summed E-state index contributed by atoms with van der Waals surface area (Å²) in [5.74, 6) is -0.468. The zero-order chi connectivity index (χ0) is 14.5. The second-order valence-corrected chi connectivity index (χ2v) is 4.35. The van der Waals surface area contributed by atoms with Crippen LogP contribution >= 0.6 is 0 Å². The number of aromatic nitrogens is 1. The number of esters is 1. The van der Waals surface area contributed by atoms with Crippen LogP contribution in [0.15, 0.2) is 23.4 Å². The van der Waals surface area contributed by atoms with E-state index in [9.17, 15) is 9.59 Å². The highest BCUT2D eigenvalue weighted by Gasteiger charge is 2.33. The molecule has 0 radical (unpaired) electrons. The summed E-state index contributed by atoms with van der Waals surface area (Å²) in [7, 11) is 1.27. The normalized spacial score (nSPS) is 17.8. The Morgan fingerprint density at radius 2 is 2.50 bits per heavy atom. The number of rotatable bonds is 4. The van der Waals surface area contributed by atoms with Gasteiger partial charge in [0.05, 0.1) is 7.11 Å². The summed E-state index contributed by atoms with van der Waals surface area (Å²) in [4.78, 5) is 31.9. The first kappa shape index (κ1) is 13.8. The summed E-state index contributed by atoms with van der Waals surface area (Å²) in [5, 5.41) is 3.48. The average molecular weight is 275 g/mol. The molecule has 1 atom stereocenters. The van der Waals surface area contributed by atoms with Crippen molar-refractivity contribution in [3.63, 3.8) is 0 Å². The van der Waals surface area contributed by atoms with Gasteiger partial charge in [0.2, 0.25) is 5.91 Å². The minimum absolute atomic E-state index is 0.0640. The maximum Gasteiger partial charge on any atom is 0.341 e. The summed E-state index contributed by atoms with van der Waals surface area (Å²) in [6.07, 6.45) is 1.78. The van der Waals surface area contributed by atoms with E-state index in [-0.39, 0.29) is 36.2 Å². The molecule has 1 aliphatic heterocycles. The molecule has 2 rings (SSSR count). The Bertz CT molecular complexity index is 582. The van der Waals surface area contributed by atoms with E-state index < -0.39 is 5.97 Å². The molecule has 0 spiro atoms. The van der Waals surface area contributed by atoms with Crippen molar-refractivity contribution in [2.24, 2.45) is 11.0 Å². The van der Waals surface area contributed by atoms with E-state index in [0.29, 0.717) is 6.54 Å². The number of nitrogens with zero attached hydrogens (tertiary/aromatic N) is 5. The molecule has 20 heavy (non-hydrogen) atoms. The second kappa shape index (κ2) is 6.03. The number of methoxy groups -OCH3 is 1. The summed E-state index contributed by atoms with van der Waals surface area (Å²) >= 11 is 0. The van der Waals surface area contributed by atoms with Crippen LogP contribution < -0.4 is 4.90 Å². The molecule has 0 saturated carbocycles. The van der Waals surface area contributed by atoms with E-state index in [1.807, 2.05) is 0 Å². The molecule has 2 heterocycles. The predicted molar refractivity (Wildman–Crippen MR) is 70.0 cm³/mol. The number of amides is 1. The molecule has 1 amide bonds. The van der Waals surface area contributed by atoms with Crippen LogP contribution in [0.5, 0.6) is 0 Å². The Labute approximate surface area is 115 Å². The molecule has 0 aromatic carbocycles. The average Bonchev–Trinajstić information content (AvgIpc) is 2.85. The lowest BCUT2D eigenvalue weighted by Gasteiger charge is -2.17. The first-order chi connectivity index (χ1) is 9.67. The van der Waals surface area contributed by atoms with Crippen molar-refractivity contribution in [1.82, 2.24) is 4.98 Å². The number of carbonyl (C=O) groups is 2. The van der Waals surface area contributed by atoms with Crippen LogP contribution in [0.4, 0.5) is 5.82 Å². The Morgan fingerprint density at radius 3 is 3.20 bits per heavy atom. The first-order valence-electron chi connectivity index (χ1n) is 6.02. The third kappa shape index (κ3) is 2.70. The fourth-order valence-electron chi connectivity index (χ4n) is 2.14. The lowest BCUT2D eigenvalue weighted by molar-refractivity contribution is -0.117. The highest BCUT2D eigenvalue weighted by atomic mass is 16.5. The van der Waals surface area contributed by atoms with Crippen molar-refractivity contribution in [3.05, 3.63) is 34.3 Å². The number of hydrogen-bond acceptors (Lipinski definition) is 5. The van der Waals surface area contributed by atoms with Gasteiger partial charge in [-0.15, -0.1) is 0 Å². The third-order valence-electron chi connectivity index (χ3n) is 3.06. The topological polar surface area (TPSA) is 108 Å². The number of ether oxygens (including phenoxy) is 1. The Kier molecular flexibility index (Phi) is 4.17. The van der Waals surface area contributed by atoms with Gasteiger partial charge in [0.1, 0.15) is 11.4 Å². The molecular formula is C12H13N5O3. The molecule has 1 aromatic heterocycles. The first-order valence-corrected chi connectivity index (χ1v) is 6.02. The SMILES string of the molecule is COC(=O)c1cccnc1N1CC(CN=[N+]=[N-])CC1=O. The van der Waals surface area contributed by atoms with Gasteiger partial charge in [0.15, 0.2) is 0 Å². The van der Waals surface area contributed by atoms with Crippen molar-refractivity contribution in [2.45, 2.75) is 6.42 Å². The monoisotopic (exact) mass is 275 g/mol. The molecule has 1 aromatic rings. The maximum absolute atomic E-state index is 12.0. The minimum atomic E-state index is -0.542. The van der Waals surface area contributed by atoms with Gasteiger partial charge in [-0.2, -0.15) is 0 Å². The van der Waals surface area contributed by atoms with Crippen molar-refractivity contribution in [2.75, 3.05) is 25.1 Å². The number of anilines is 1. The minimum Gasteiger partial charge on any atom is -0.465 e. The highest BCUT2D eigenvalue weighted by Crippen LogP contribution is 2.26. The summed E-state index contributed by atoms with van der Waals surface area (Å²) < 4.78 is 4.68. The van der Waals surface area contributed by atoms with Crippen LogP contribution in [0, 0.1) is 5.92 Å². The van der Waals surface area contributed by atoms with Crippen molar-refractivity contribution in [1.29, 1.82) is 0 Å². The van der Waals surface area contributed by atoms with Gasteiger partial charge in [-0.25, -0.2) is 9.78 Å². The predicted octanol–water partition coefficient (Wildman–Crippen LogP) is 1.53. The molecular weight excluding hydrogens is 262 g/mol. The molecule has 1 unspecified atom stereocenters. The van der Waals surface area contributed by atoms with Gasteiger partial charge in [0.25, 0.3) is 0 Å². The Hall–Kier alpha value is -2.60. The summed E-state index contributed by atoms with van der Waals surface area (Å²) in [6, 6.07) is 3.16. The van der Waals surface area contributed by atoms with Crippen LogP contribution in [0.1, 0.15) is 16.8 Å². The molecule has 104 valence electrons. The lowest BCUT2D eigenvalue weighted by Crippen LogP contribution is -2.28. The van der Waals surface area contributed by atoms with E-state index in [4.69, 9.17) is 5.53 Å². The molecule has 0 aliphatic carbocycles. The lowest BCUT2D eigenvalue weighted by atomic mass is 10.1. The highest BCUT2D eigenvalue weighted by molar-refractivity contribution is 6.02. The quantitative estimate of drug-likeness (QED) is 0.359. The second-order valence-electron chi connectivity index (χ2n) is 4.35. The van der Waals surface area contributed by atoms with Gasteiger partial charge in [0, 0.05) is 30.6 Å². The third-order valence-corrected chi connectivity index (χ3v) is 3.06. The van der Waals surface area contributed by atoms with Crippen molar-refractivity contribution < 1.29 is 14.3 Å². The number of pyridine rings is 1. The molecule has 1 saturated heterocycles. The zero-order valence-corrected chi connectivity index (χ0v) is 10.9. The van der Waals surface area contributed by atoms with Gasteiger partial charge in [-0.05, 0) is 23.6 Å². The molecule has 8 heteroatoms. The summed E-state index contributed by atoms with van der Waals surface area (Å²) in [5.41, 5.74) is 8.55. The fourth-order valence-corrected chi connectivity index (χ4v) is 2.14. The van der Waals surface area contributed by atoms with E-state index in [2.05, 4.69) is 19.7 Å². The van der Waals surface area contributed by atoms with E-state index in [1.54, 1.807) is 12.1 Å². The molecule has 0 bridgehead atoms. The zero-order valence-electron chi connectivity index (χ0n) is 10.9. The van der Waals surface area contributed by atoms with Crippen LogP contribution in [-0.4, -0.2) is 37.1 Å². The Morgan fingerprint density at radius 1 is 1.70 bits per heavy atom. The van der Waals surface area contributed by atoms with E-state index >= 15 is 0 Å². The van der Waals surface area contributed by atoms with Gasteiger partial charge >= 0.3 is 5.97 Å². The van der Waals surface area contributed by atoms with Crippen LogP contribution in [0.3, 0.4) is 0 Å². The molecule has 1 aliphatic rings. The smallest absolute Gasteiger partial charge is 0.341 e. The van der Waals surface area contributed by atoms with Crippen LogP contribution in [0.25, 0.3) is 10.4 Å². The van der Waals surface area contributed by atoms with Crippen LogP contribution in [-0.2, 0) is 9.53 Å². The summed E-state index contributed by atoms with van der Waals surface area (Å²) in [6.45, 7) is 0.623. The van der Waals surface area contributed by atoms with Gasteiger partial charge < -0.3 is 4.74 Å². The van der Waals surface area contributed by atoms with Gasteiger partial charge in [-0.1, -0.05) is 5.11 Å². The van der Waals surface area contributed by atoms with Crippen molar-refractivity contribution >= 4 is 17.7 Å². The number of azide groups is 1. The van der Waals surface area contributed by atoms with Gasteiger partial charge in [-0.3, -0.25) is 9.69 Å². The van der Waals surface area contributed by atoms with Crippen molar-refractivity contribution in [3.8, 4) is 0 Å². The van der Waals surface area contributed by atoms with E-state index in [0.717, 1.165) is 0 Å². The molecule has 8 nitrogen and oxygen atoms in total. The van der Waals surface area contributed by atoms with Crippen LogP contribution in [0.2, 0.25) is 0 Å². The maximum atomic E-state index is 12.0. The molecule has 0 N–H and O–H groups in total. The number of hydrogen-bond donors (Lipinski definition) is 0. The van der Waals surface area contributed by atoms with E-state index in [1.165, 1.54) is 18.2 Å². The molecule has 1 fully saturated rings. The largest absolute Gasteiger partial charge is 0.465 e. The standard InChI is InChI=1S/C12H13N5O3/c1-20-12(19)9-3-2-4-14-11(9)17-7-8(5-10(17)18)6-15-16-13/h2-4,8H,5-7H2,1H3.